The number of carbonyl (C=O) groups is 1. The summed E-state index contributed by atoms with van der Waals surface area (Å²) in [5.74, 6) is 0.224. The van der Waals surface area contributed by atoms with Gasteiger partial charge in [0.2, 0.25) is 0 Å². The molecule has 34 heavy (non-hydrogen) atoms. The molecule has 1 spiro atoms. The maximum absolute atomic E-state index is 11.5. The molecule has 2 aliphatic carbocycles. The van der Waals surface area contributed by atoms with Crippen LogP contribution < -0.4 is 4.74 Å². The Kier molecular flexibility index (Phi) is 5.20. The molecule has 1 saturated heterocycles. The van der Waals surface area contributed by atoms with Gasteiger partial charge in [0.1, 0.15) is 12.4 Å². The van der Waals surface area contributed by atoms with Gasteiger partial charge in [-0.2, -0.15) is 0 Å². The maximum Gasteiger partial charge on any atom is 0.310 e. The zero-order valence-corrected chi connectivity index (χ0v) is 19.9. The van der Waals surface area contributed by atoms with Crippen LogP contribution in [0.15, 0.2) is 66.7 Å². The lowest BCUT2D eigenvalue weighted by Gasteiger charge is -2.49. The first-order valence-electron chi connectivity index (χ1n) is 12.0. The van der Waals surface area contributed by atoms with E-state index in [1.54, 1.807) is 0 Å². The van der Waals surface area contributed by atoms with E-state index in [2.05, 4.69) is 35.2 Å². The molecule has 0 amide bonds. The molecular formula is C29H28ClNO3. The lowest BCUT2D eigenvalue weighted by Crippen LogP contribution is -2.58. The first-order valence-corrected chi connectivity index (χ1v) is 12.4. The van der Waals surface area contributed by atoms with Gasteiger partial charge in [0.15, 0.2) is 0 Å². The molecule has 0 radical (unpaired) electrons. The number of likely N-dealkylation sites (tertiary alicyclic amines) is 1. The third-order valence-corrected chi connectivity index (χ3v) is 8.01. The van der Waals surface area contributed by atoms with Crippen molar-refractivity contribution in [3.8, 4) is 16.9 Å². The summed E-state index contributed by atoms with van der Waals surface area (Å²) in [6, 6.07) is 22.9. The van der Waals surface area contributed by atoms with Crippen LogP contribution in [-0.4, -0.2) is 35.6 Å². The van der Waals surface area contributed by atoms with Crippen LogP contribution in [0, 0.1) is 10.8 Å². The third kappa shape index (κ3) is 4.10. The van der Waals surface area contributed by atoms with Gasteiger partial charge in [0, 0.05) is 30.1 Å². The van der Waals surface area contributed by atoms with Crippen LogP contribution in [0.25, 0.3) is 11.1 Å². The van der Waals surface area contributed by atoms with Crippen molar-refractivity contribution in [3.05, 3.63) is 88.4 Å². The van der Waals surface area contributed by atoms with Crippen molar-refractivity contribution in [3.63, 3.8) is 0 Å². The van der Waals surface area contributed by atoms with E-state index in [0.29, 0.717) is 12.0 Å². The third-order valence-electron chi connectivity index (χ3n) is 7.77. The lowest BCUT2D eigenvalue weighted by atomic mass is 9.76. The number of hydrogen-bond donors (Lipinski definition) is 1. The van der Waals surface area contributed by atoms with Crippen LogP contribution >= 0.6 is 11.6 Å². The number of halogens is 1. The molecule has 0 aromatic heterocycles. The highest BCUT2D eigenvalue weighted by Crippen LogP contribution is 2.51. The average Bonchev–Trinajstić information content (AvgIpc) is 3.49. The van der Waals surface area contributed by atoms with Crippen LogP contribution in [0.1, 0.15) is 29.5 Å². The second-order valence-corrected chi connectivity index (χ2v) is 10.9. The van der Waals surface area contributed by atoms with Crippen LogP contribution in [-0.2, 0) is 24.2 Å². The van der Waals surface area contributed by atoms with Gasteiger partial charge in [-0.05, 0) is 77.8 Å². The molecule has 2 fully saturated rings. The summed E-state index contributed by atoms with van der Waals surface area (Å²) in [5.41, 5.74) is 6.20. The Bertz CT molecular complexity index is 1240. The van der Waals surface area contributed by atoms with Gasteiger partial charge in [-0.15, -0.1) is 0 Å². The minimum atomic E-state index is -0.617. The first-order chi connectivity index (χ1) is 16.4. The molecule has 174 valence electrons. The number of carboxylic acid groups (broad SMARTS) is 1. The largest absolute Gasteiger partial charge is 0.489 e. The highest BCUT2D eigenvalue weighted by Gasteiger charge is 2.55. The fraction of sp³-hybridized carbons (Fsp3) is 0.345. The van der Waals surface area contributed by atoms with Crippen LogP contribution in [0.3, 0.4) is 0 Å². The van der Waals surface area contributed by atoms with Gasteiger partial charge in [-0.25, -0.2) is 0 Å². The molecule has 0 bridgehead atoms. The molecule has 1 aliphatic heterocycles. The number of carboxylic acids is 1. The van der Waals surface area contributed by atoms with E-state index < -0.39 is 11.4 Å². The van der Waals surface area contributed by atoms with Crippen LogP contribution in [0.4, 0.5) is 0 Å². The Morgan fingerprint density at radius 3 is 2.38 bits per heavy atom. The number of hydrogen-bond acceptors (Lipinski definition) is 3. The van der Waals surface area contributed by atoms with Crippen molar-refractivity contribution >= 4 is 17.6 Å². The van der Waals surface area contributed by atoms with E-state index in [9.17, 15) is 9.90 Å². The highest BCUT2D eigenvalue weighted by atomic mass is 35.5. The summed E-state index contributed by atoms with van der Waals surface area (Å²) < 4.78 is 5.93. The van der Waals surface area contributed by atoms with Gasteiger partial charge < -0.3 is 14.7 Å². The van der Waals surface area contributed by atoms with Gasteiger partial charge in [-0.3, -0.25) is 4.79 Å². The van der Waals surface area contributed by atoms with E-state index in [1.807, 2.05) is 36.4 Å². The summed E-state index contributed by atoms with van der Waals surface area (Å²) in [6.45, 7) is 3.25. The quantitative estimate of drug-likeness (QED) is 0.467. The van der Waals surface area contributed by atoms with E-state index in [1.165, 1.54) is 22.3 Å². The Balaban J connectivity index is 1.08. The second kappa shape index (κ2) is 8.14. The average molecular weight is 474 g/mol. The smallest absolute Gasteiger partial charge is 0.310 e. The topological polar surface area (TPSA) is 49.8 Å². The Labute approximate surface area is 205 Å². The van der Waals surface area contributed by atoms with Crippen molar-refractivity contribution in [2.75, 3.05) is 19.6 Å². The fourth-order valence-electron chi connectivity index (χ4n) is 5.81. The molecule has 3 aromatic carbocycles. The van der Waals surface area contributed by atoms with Gasteiger partial charge in [0.25, 0.3) is 0 Å². The molecule has 5 heteroatoms. The number of nitrogens with zero attached hydrogens (tertiary/aromatic N) is 1. The summed E-state index contributed by atoms with van der Waals surface area (Å²) >= 11 is 6.05. The van der Waals surface area contributed by atoms with E-state index in [0.717, 1.165) is 61.7 Å². The molecule has 1 heterocycles. The highest BCUT2D eigenvalue weighted by molar-refractivity contribution is 6.30. The SMILES string of the molecule is O=C(O)C1(CN2CC3(Cc4ccc(-c5ccc(OCc6cccc(Cl)c6)cc5)cc4C3)C2)CC1. The predicted octanol–water partition coefficient (Wildman–Crippen LogP) is 5.85. The van der Waals surface area contributed by atoms with Crippen molar-refractivity contribution < 1.29 is 14.6 Å². The number of benzene rings is 3. The zero-order chi connectivity index (χ0) is 23.3. The van der Waals surface area contributed by atoms with Gasteiger partial charge >= 0.3 is 5.97 Å². The Morgan fingerprint density at radius 1 is 0.941 bits per heavy atom. The van der Waals surface area contributed by atoms with Crippen molar-refractivity contribution in [1.29, 1.82) is 0 Å². The molecule has 0 unspecified atom stereocenters. The van der Waals surface area contributed by atoms with E-state index >= 15 is 0 Å². The monoisotopic (exact) mass is 473 g/mol. The molecule has 4 nitrogen and oxygen atoms in total. The predicted molar refractivity (Wildman–Crippen MR) is 133 cm³/mol. The summed E-state index contributed by atoms with van der Waals surface area (Å²) in [4.78, 5) is 13.9. The van der Waals surface area contributed by atoms with Crippen molar-refractivity contribution in [1.82, 2.24) is 4.90 Å². The van der Waals surface area contributed by atoms with Gasteiger partial charge in [-0.1, -0.05) is 54.1 Å². The molecule has 1 saturated carbocycles. The van der Waals surface area contributed by atoms with Crippen LogP contribution in [0.5, 0.6) is 5.75 Å². The first kappa shape index (κ1) is 21.7. The van der Waals surface area contributed by atoms with Crippen LogP contribution in [0.2, 0.25) is 5.02 Å². The van der Waals surface area contributed by atoms with Crippen molar-refractivity contribution in [2.45, 2.75) is 32.3 Å². The molecule has 0 atom stereocenters. The van der Waals surface area contributed by atoms with Gasteiger partial charge in [0.05, 0.1) is 5.41 Å². The molecule has 3 aromatic rings. The minimum absolute atomic E-state index is 0.299. The standard InChI is InChI=1S/C29H28ClNO3/c30-25-3-1-2-20(12-25)16-34-26-8-6-21(7-9-26)22-4-5-23-14-28(15-24(23)13-22)17-31(18-28)19-29(10-11-29)27(32)33/h1-9,12-13H,10-11,14-19H2,(H,32,33). The minimum Gasteiger partial charge on any atom is -0.489 e. The van der Waals surface area contributed by atoms with E-state index in [4.69, 9.17) is 16.3 Å². The molecular weight excluding hydrogens is 446 g/mol. The maximum atomic E-state index is 11.5. The Hall–Kier alpha value is -2.82. The lowest BCUT2D eigenvalue weighted by molar-refractivity contribution is -0.145. The fourth-order valence-corrected chi connectivity index (χ4v) is 6.02. The second-order valence-electron chi connectivity index (χ2n) is 10.5. The summed E-state index contributed by atoms with van der Waals surface area (Å²) in [7, 11) is 0. The Morgan fingerprint density at radius 2 is 1.68 bits per heavy atom. The summed E-state index contributed by atoms with van der Waals surface area (Å²) in [5, 5.41) is 10.2. The van der Waals surface area contributed by atoms with Crippen molar-refractivity contribution in [2.24, 2.45) is 10.8 Å². The number of ether oxygens (including phenoxy) is 1. The number of rotatable bonds is 7. The molecule has 3 aliphatic rings. The normalized spacial score (nSPS) is 19.4. The molecule has 6 rings (SSSR count). The van der Waals surface area contributed by atoms with E-state index in [-0.39, 0.29) is 0 Å². The zero-order valence-electron chi connectivity index (χ0n) is 19.1. The summed E-state index contributed by atoms with van der Waals surface area (Å²) in [6.07, 6.45) is 3.86. The number of aliphatic carboxylic acids is 1. The number of fused-ring (bicyclic) bond motifs is 1. The molecule has 1 N–H and O–H groups in total.